The molecule has 0 amide bonds. The van der Waals surface area contributed by atoms with Gasteiger partial charge in [0.15, 0.2) is 11.5 Å². The molecule has 1 saturated heterocycles. The van der Waals surface area contributed by atoms with E-state index in [0.29, 0.717) is 29.5 Å². The molecule has 1 atom stereocenters. The van der Waals surface area contributed by atoms with E-state index in [0.717, 1.165) is 31.7 Å². The molecule has 4 heterocycles. The summed E-state index contributed by atoms with van der Waals surface area (Å²) in [5.74, 6) is 1.51. The second-order valence-corrected chi connectivity index (χ2v) is 6.54. The molecule has 1 fully saturated rings. The van der Waals surface area contributed by atoms with Crippen LogP contribution in [0.5, 0.6) is 0 Å². The Labute approximate surface area is 154 Å². The largest absolute Gasteiger partial charge is 0.356 e. The number of anilines is 1. The Hall–Kier alpha value is -3.15. The molecule has 0 spiro atoms. The summed E-state index contributed by atoms with van der Waals surface area (Å²) in [6.07, 6.45) is 5.70. The van der Waals surface area contributed by atoms with E-state index in [1.807, 2.05) is 6.07 Å². The van der Waals surface area contributed by atoms with Gasteiger partial charge in [0.05, 0.1) is 18.5 Å². The van der Waals surface area contributed by atoms with Crippen molar-refractivity contribution in [2.75, 3.05) is 18.0 Å². The van der Waals surface area contributed by atoms with Gasteiger partial charge in [-0.1, -0.05) is 0 Å². The number of rotatable bonds is 4. The molecule has 7 nitrogen and oxygen atoms in total. The number of hydrogen-bond acceptors (Lipinski definition) is 6. The van der Waals surface area contributed by atoms with Crippen LogP contribution in [-0.2, 0) is 0 Å². The Morgan fingerprint density at radius 1 is 1.26 bits per heavy atom. The highest BCUT2D eigenvalue weighted by molar-refractivity contribution is 5.58. The first-order valence-corrected chi connectivity index (χ1v) is 8.72. The van der Waals surface area contributed by atoms with Crippen molar-refractivity contribution in [3.05, 3.63) is 36.5 Å². The van der Waals surface area contributed by atoms with Crippen molar-refractivity contribution in [3.8, 4) is 17.6 Å². The van der Waals surface area contributed by atoms with Gasteiger partial charge in [-0.05, 0) is 24.8 Å². The minimum atomic E-state index is -2.66. The Kier molecular flexibility index (Phi) is 4.62. The molecule has 0 bridgehead atoms. The van der Waals surface area contributed by atoms with Gasteiger partial charge in [0.25, 0.3) is 6.43 Å². The van der Waals surface area contributed by atoms with Crippen LogP contribution in [0.3, 0.4) is 0 Å². The number of nitriles is 1. The van der Waals surface area contributed by atoms with Crippen LogP contribution in [0.1, 0.15) is 31.4 Å². The third-order valence-corrected chi connectivity index (χ3v) is 4.73. The Morgan fingerprint density at radius 2 is 2.15 bits per heavy atom. The molecule has 1 unspecified atom stereocenters. The molecular formula is C18H17F2N7. The van der Waals surface area contributed by atoms with Gasteiger partial charge in [-0.3, -0.25) is 4.40 Å². The van der Waals surface area contributed by atoms with Gasteiger partial charge in [0, 0.05) is 31.9 Å². The SMILES string of the molecule is N#CCC1CCCN(c2ccnc(-c3cnc4cnc(C(F)F)cn34)n2)C1. The summed E-state index contributed by atoms with van der Waals surface area (Å²) in [7, 11) is 0. The molecule has 3 aromatic heterocycles. The average Bonchev–Trinajstić information content (AvgIpc) is 3.12. The number of nitrogens with zero attached hydrogens (tertiary/aromatic N) is 7. The van der Waals surface area contributed by atoms with E-state index in [1.54, 1.807) is 12.4 Å². The molecule has 4 rings (SSSR count). The molecule has 0 saturated carbocycles. The maximum absolute atomic E-state index is 13.0. The van der Waals surface area contributed by atoms with Crippen molar-refractivity contribution in [3.63, 3.8) is 0 Å². The molecule has 3 aromatic rings. The summed E-state index contributed by atoms with van der Waals surface area (Å²) < 4.78 is 27.5. The first-order chi connectivity index (χ1) is 13.2. The highest BCUT2D eigenvalue weighted by Gasteiger charge is 2.22. The zero-order valence-corrected chi connectivity index (χ0v) is 14.5. The third kappa shape index (κ3) is 3.43. The predicted molar refractivity (Wildman–Crippen MR) is 94.1 cm³/mol. The van der Waals surface area contributed by atoms with Crippen LogP contribution < -0.4 is 4.90 Å². The van der Waals surface area contributed by atoms with E-state index < -0.39 is 6.43 Å². The topological polar surface area (TPSA) is 83.0 Å². The summed E-state index contributed by atoms with van der Waals surface area (Å²) >= 11 is 0. The number of hydrogen-bond donors (Lipinski definition) is 0. The highest BCUT2D eigenvalue weighted by atomic mass is 19.3. The second-order valence-electron chi connectivity index (χ2n) is 6.54. The number of aromatic nitrogens is 5. The summed E-state index contributed by atoms with van der Waals surface area (Å²) in [5, 5.41) is 8.94. The normalized spacial score (nSPS) is 17.4. The van der Waals surface area contributed by atoms with Crippen molar-refractivity contribution in [2.45, 2.75) is 25.7 Å². The van der Waals surface area contributed by atoms with Crippen molar-refractivity contribution in [2.24, 2.45) is 5.92 Å². The van der Waals surface area contributed by atoms with Crippen LogP contribution >= 0.6 is 0 Å². The average molecular weight is 369 g/mol. The molecule has 1 aliphatic rings. The smallest absolute Gasteiger partial charge is 0.281 e. The van der Waals surface area contributed by atoms with Gasteiger partial charge in [-0.25, -0.2) is 28.7 Å². The zero-order chi connectivity index (χ0) is 18.8. The molecule has 0 aromatic carbocycles. The van der Waals surface area contributed by atoms with E-state index in [-0.39, 0.29) is 5.69 Å². The van der Waals surface area contributed by atoms with E-state index in [2.05, 4.69) is 30.9 Å². The van der Waals surface area contributed by atoms with Gasteiger partial charge in [0.1, 0.15) is 17.2 Å². The summed E-state index contributed by atoms with van der Waals surface area (Å²) in [6.45, 7) is 1.64. The number of piperidine rings is 1. The van der Waals surface area contributed by atoms with Gasteiger partial charge < -0.3 is 4.90 Å². The first-order valence-electron chi connectivity index (χ1n) is 8.72. The van der Waals surface area contributed by atoms with E-state index in [4.69, 9.17) is 5.26 Å². The molecule has 27 heavy (non-hydrogen) atoms. The highest BCUT2D eigenvalue weighted by Crippen LogP contribution is 2.26. The standard InChI is InChI=1S/C18H17F2N7/c19-17(20)13-11-27-14(8-24-16(27)9-23-13)18-22-6-4-15(25-18)26-7-1-2-12(10-26)3-5-21/h4,6,8-9,11-12,17H,1-3,7,10H2. The molecular weight excluding hydrogens is 352 g/mol. The first kappa shape index (κ1) is 17.3. The number of alkyl halides is 2. The van der Waals surface area contributed by atoms with Gasteiger partial charge in [0.2, 0.25) is 0 Å². The van der Waals surface area contributed by atoms with Crippen molar-refractivity contribution in [1.82, 2.24) is 24.3 Å². The summed E-state index contributed by atoms with van der Waals surface area (Å²) in [4.78, 5) is 19.0. The molecule has 1 aliphatic heterocycles. The van der Waals surface area contributed by atoms with Crippen LogP contribution in [0.4, 0.5) is 14.6 Å². The van der Waals surface area contributed by atoms with E-state index in [1.165, 1.54) is 16.8 Å². The molecule has 0 N–H and O–H groups in total. The lowest BCUT2D eigenvalue weighted by molar-refractivity contribution is 0.145. The Bertz CT molecular complexity index is 995. The summed E-state index contributed by atoms with van der Waals surface area (Å²) in [6, 6.07) is 4.07. The fourth-order valence-electron chi connectivity index (χ4n) is 3.40. The zero-order valence-electron chi connectivity index (χ0n) is 14.5. The number of fused-ring (bicyclic) bond motifs is 1. The molecule has 9 heteroatoms. The number of imidazole rings is 1. The lowest BCUT2D eigenvalue weighted by atomic mass is 9.95. The maximum atomic E-state index is 13.0. The molecule has 0 radical (unpaired) electrons. The fraction of sp³-hybridized carbons (Fsp3) is 0.389. The molecule has 0 aliphatic carbocycles. The van der Waals surface area contributed by atoms with Crippen molar-refractivity contribution < 1.29 is 8.78 Å². The Balaban J connectivity index is 1.68. The van der Waals surface area contributed by atoms with Gasteiger partial charge in [-0.2, -0.15) is 5.26 Å². The summed E-state index contributed by atoms with van der Waals surface area (Å²) in [5.41, 5.74) is 0.658. The van der Waals surface area contributed by atoms with Crippen LogP contribution in [-0.4, -0.2) is 37.4 Å². The minimum absolute atomic E-state index is 0.326. The van der Waals surface area contributed by atoms with Crippen LogP contribution in [0.2, 0.25) is 0 Å². The van der Waals surface area contributed by atoms with Gasteiger partial charge >= 0.3 is 0 Å². The fourth-order valence-corrected chi connectivity index (χ4v) is 3.40. The predicted octanol–water partition coefficient (Wildman–Crippen LogP) is 3.25. The second kappa shape index (κ2) is 7.23. The Morgan fingerprint density at radius 3 is 2.96 bits per heavy atom. The van der Waals surface area contributed by atoms with Crippen LogP contribution in [0.15, 0.2) is 30.9 Å². The lowest BCUT2D eigenvalue weighted by Gasteiger charge is -2.32. The third-order valence-electron chi connectivity index (χ3n) is 4.73. The van der Waals surface area contributed by atoms with Crippen LogP contribution in [0.25, 0.3) is 17.2 Å². The maximum Gasteiger partial charge on any atom is 0.281 e. The monoisotopic (exact) mass is 369 g/mol. The number of halogens is 2. The minimum Gasteiger partial charge on any atom is -0.356 e. The quantitative estimate of drug-likeness (QED) is 0.702. The van der Waals surface area contributed by atoms with Gasteiger partial charge in [-0.15, -0.1) is 0 Å². The van der Waals surface area contributed by atoms with Crippen LogP contribution in [0, 0.1) is 17.2 Å². The molecule has 138 valence electrons. The van der Waals surface area contributed by atoms with Crippen molar-refractivity contribution >= 4 is 11.5 Å². The van der Waals surface area contributed by atoms with Crippen molar-refractivity contribution in [1.29, 1.82) is 5.26 Å². The van der Waals surface area contributed by atoms with E-state index in [9.17, 15) is 8.78 Å². The lowest BCUT2D eigenvalue weighted by Crippen LogP contribution is -2.35. The van der Waals surface area contributed by atoms with E-state index >= 15 is 0 Å².